The van der Waals surface area contributed by atoms with Crippen LogP contribution in [0.3, 0.4) is 0 Å². The monoisotopic (exact) mass is 455 g/mol. The lowest BCUT2D eigenvalue weighted by Crippen LogP contribution is -2.26. The summed E-state index contributed by atoms with van der Waals surface area (Å²) in [5.74, 6) is 1.18. The minimum Gasteiger partial charge on any atom is -0.438 e. The Morgan fingerprint density at radius 2 is 1.46 bits per heavy atom. The minimum atomic E-state index is 0.496. The Morgan fingerprint density at radius 3 is 2.29 bits per heavy atom. The van der Waals surface area contributed by atoms with Crippen LogP contribution >= 0.6 is 0 Å². The zero-order valence-corrected chi connectivity index (χ0v) is 18.8. The molecule has 168 valence electrons. The van der Waals surface area contributed by atoms with Crippen LogP contribution in [0.5, 0.6) is 11.6 Å². The molecule has 3 heterocycles. The Hall–Kier alpha value is -4.84. The maximum Gasteiger partial charge on any atom is 0.230 e. The van der Waals surface area contributed by atoms with Crippen molar-refractivity contribution in [2.75, 3.05) is 5.01 Å². The van der Waals surface area contributed by atoms with Crippen LogP contribution in [0.25, 0.3) is 11.1 Å². The first-order chi connectivity index (χ1) is 17.3. The molecule has 5 aromatic rings. The third kappa shape index (κ3) is 4.25. The first kappa shape index (κ1) is 20.7. The topological polar surface area (TPSA) is 63.5 Å². The Labute approximate surface area is 203 Å². The van der Waals surface area contributed by atoms with Gasteiger partial charge in [-0.2, -0.15) is 5.10 Å². The maximum absolute atomic E-state index is 6.13. The van der Waals surface area contributed by atoms with E-state index in [4.69, 9.17) is 9.84 Å². The number of pyridine rings is 1. The van der Waals surface area contributed by atoms with Gasteiger partial charge in [0.1, 0.15) is 12.1 Å². The van der Waals surface area contributed by atoms with E-state index >= 15 is 0 Å². The number of nitrogens with zero attached hydrogens (tertiary/aromatic N) is 5. The summed E-state index contributed by atoms with van der Waals surface area (Å²) in [5.41, 5.74) is 7.21. The van der Waals surface area contributed by atoms with Gasteiger partial charge in [-0.25, -0.2) is 9.97 Å². The Morgan fingerprint density at radius 1 is 0.686 bits per heavy atom. The van der Waals surface area contributed by atoms with Crippen molar-refractivity contribution in [3.8, 4) is 22.8 Å². The molecule has 0 N–H and O–H groups in total. The molecule has 0 bridgehead atoms. The molecule has 0 unspecified atom stereocenters. The number of aromatic nitrogens is 3. The van der Waals surface area contributed by atoms with Crippen molar-refractivity contribution >= 4 is 11.4 Å². The Balaban J connectivity index is 1.29. The fraction of sp³-hybridized carbons (Fsp3) is 0.0345. The summed E-state index contributed by atoms with van der Waals surface area (Å²) in [6.07, 6.45) is 6.71. The van der Waals surface area contributed by atoms with Crippen molar-refractivity contribution in [1.29, 1.82) is 0 Å². The molecule has 1 aliphatic rings. The molecule has 0 spiro atoms. The van der Waals surface area contributed by atoms with Gasteiger partial charge in [-0.15, -0.1) is 0 Å². The van der Waals surface area contributed by atoms with Gasteiger partial charge >= 0.3 is 0 Å². The summed E-state index contributed by atoms with van der Waals surface area (Å²) in [6, 6.07) is 30.4. The van der Waals surface area contributed by atoms with Crippen molar-refractivity contribution in [2.45, 2.75) is 6.54 Å². The standard InChI is InChI=1S/C29H21N5O/c1-2-6-22(7-3-1)28-26-9-5-4-8-23(26)19-34(33-28)24-10-12-25(13-11-24)35-29-27(18-31-20-32-29)21-14-16-30-17-15-21/h1-18,20H,19H2. The lowest BCUT2D eigenvalue weighted by molar-refractivity contribution is 0.463. The fourth-order valence-corrected chi connectivity index (χ4v) is 4.15. The number of ether oxygens (including phenoxy) is 1. The van der Waals surface area contributed by atoms with Crippen LogP contribution in [-0.2, 0) is 6.54 Å². The Kier molecular flexibility index (Phi) is 5.45. The average Bonchev–Trinajstić information content (AvgIpc) is 2.94. The second-order valence-corrected chi connectivity index (χ2v) is 8.10. The molecule has 1 aliphatic heterocycles. The number of hydrogen-bond acceptors (Lipinski definition) is 6. The molecule has 0 amide bonds. The Bertz CT molecular complexity index is 1490. The van der Waals surface area contributed by atoms with Crippen LogP contribution in [0.1, 0.15) is 16.7 Å². The molecule has 35 heavy (non-hydrogen) atoms. The number of anilines is 1. The largest absolute Gasteiger partial charge is 0.438 e. The number of benzene rings is 3. The molecular weight excluding hydrogens is 434 g/mol. The number of rotatable bonds is 5. The lowest BCUT2D eigenvalue weighted by Gasteiger charge is -2.27. The predicted octanol–water partition coefficient (Wildman–Crippen LogP) is 6.10. The van der Waals surface area contributed by atoms with E-state index in [-0.39, 0.29) is 0 Å². The summed E-state index contributed by atoms with van der Waals surface area (Å²) < 4.78 is 6.13. The minimum absolute atomic E-state index is 0.496. The van der Waals surface area contributed by atoms with E-state index in [1.54, 1.807) is 18.6 Å². The van der Waals surface area contributed by atoms with Crippen LogP contribution in [0.4, 0.5) is 5.69 Å². The van der Waals surface area contributed by atoms with Crippen LogP contribution < -0.4 is 9.75 Å². The summed E-state index contributed by atoms with van der Waals surface area (Å²) in [6.45, 7) is 0.699. The molecule has 0 aliphatic carbocycles. The highest BCUT2D eigenvalue weighted by molar-refractivity contribution is 6.14. The van der Waals surface area contributed by atoms with Crippen molar-refractivity contribution in [1.82, 2.24) is 15.0 Å². The van der Waals surface area contributed by atoms with E-state index in [1.165, 1.54) is 17.5 Å². The van der Waals surface area contributed by atoms with Gasteiger partial charge in [0.15, 0.2) is 0 Å². The third-order valence-corrected chi connectivity index (χ3v) is 5.88. The first-order valence-corrected chi connectivity index (χ1v) is 11.3. The van der Waals surface area contributed by atoms with E-state index in [1.807, 2.05) is 59.6 Å². The van der Waals surface area contributed by atoms with Gasteiger partial charge in [0.05, 0.1) is 23.5 Å². The number of fused-ring (bicyclic) bond motifs is 1. The fourth-order valence-electron chi connectivity index (χ4n) is 4.15. The van der Waals surface area contributed by atoms with Gasteiger partial charge in [-0.1, -0.05) is 54.6 Å². The van der Waals surface area contributed by atoms with Gasteiger partial charge in [0, 0.05) is 29.7 Å². The smallest absolute Gasteiger partial charge is 0.230 e. The van der Waals surface area contributed by atoms with E-state index in [0.29, 0.717) is 18.2 Å². The molecule has 6 heteroatoms. The van der Waals surface area contributed by atoms with Crippen LogP contribution in [0.15, 0.2) is 121 Å². The van der Waals surface area contributed by atoms with E-state index in [0.717, 1.165) is 28.1 Å². The van der Waals surface area contributed by atoms with E-state index in [2.05, 4.69) is 51.4 Å². The molecule has 0 atom stereocenters. The van der Waals surface area contributed by atoms with Gasteiger partial charge in [-0.05, 0) is 47.5 Å². The van der Waals surface area contributed by atoms with Gasteiger partial charge in [-0.3, -0.25) is 9.99 Å². The quantitative estimate of drug-likeness (QED) is 0.320. The number of hydrazone groups is 1. The molecule has 2 aromatic heterocycles. The molecule has 0 saturated carbocycles. The zero-order valence-electron chi connectivity index (χ0n) is 18.8. The summed E-state index contributed by atoms with van der Waals surface area (Å²) in [5, 5.41) is 7.04. The van der Waals surface area contributed by atoms with Crippen LogP contribution in [0, 0.1) is 0 Å². The highest BCUT2D eigenvalue weighted by Gasteiger charge is 2.21. The summed E-state index contributed by atoms with van der Waals surface area (Å²) in [4.78, 5) is 12.6. The van der Waals surface area contributed by atoms with Crippen molar-refractivity contribution in [3.05, 3.63) is 133 Å². The third-order valence-electron chi connectivity index (χ3n) is 5.88. The molecular formula is C29H21N5O. The summed E-state index contributed by atoms with van der Waals surface area (Å²) >= 11 is 0. The van der Waals surface area contributed by atoms with Crippen LogP contribution in [0.2, 0.25) is 0 Å². The van der Waals surface area contributed by atoms with Gasteiger partial charge in [0.25, 0.3) is 0 Å². The first-order valence-electron chi connectivity index (χ1n) is 11.3. The lowest BCUT2D eigenvalue weighted by atomic mass is 9.96. The average molecular weight is 456 g/mol. The molecule has 0 fully saturated rings. The SMILES string of the molecule is c1ccc(C2=NN(c3ccc(Oc4ncncc4-c4ccncc4)cc3)Cc3ccccc32)cc1. The second kappa shape index (κ2) is 9.19. The predicted molar refractivity (Wildman–Crippen MR) is 136 cm³/mol. The molecule has 6 rings (SSSR count). The molecule has 0 saturated heterocycles. The van der Waals surface area contributed by atoms with Crippen molar-refractivity contribution < 1.29 is 4.74 Å². The highest BCUT2D eigenvalue weighted by atomic mass is 16.5. The number of hydrogen-bond donors (Lipinski definition) is 0. The van der Waals surface area contributed by atoms with Crippen LogP contribution in [-0.4, -0.2) is 20.7 Å². The van der Waals surface area contributed by atoms with E-state index < -0.39 is 0 Å². The molecule has 0 radical (unpaired) electrons. The molecule has 6 nitrogen and oxygen atoms in total. The molecule has 3 aromatic carbocycles. The van der Waals surface area contributed by atoms with Gasteiger partial charge < -0.3 is 4.74 Å². The van der Waals surface area contributed by atoms with Crippen molar-refractivity contribution in [3.63, 3.8) is 0 Å². The van der Waals surface area contributed by atoms with Gasteiger partial charge in [0.2, 0.25) is 5.88 Å². The second-order valence-electron chi connectivity index (χ2n) is 8.10. The normalized spacial score (nSPS) is 12.6. The van der Waals surface area contributed by atoms with Crippen molar-refractivity contribution in [2.24, 2.45) is 5.10 Å². The highest BCUT2D eigenvalue weighted by Crippen LogP contribution is 2.32. The zero-order chi connectivity index (χ0) is 23.5. The maximum atomic E-state index is 6.13. The summed E-state index contributed by atoms with van der Waals surface area (Å²) in [7, 11) is 0. The van der Waals surface area contributed by atoms with E-state index in [9.17, 15) is 0 Å².